The number of para-hydroxylation sites is 1. The molecule has 2 aliphatic heterocycles. The molecule has 3 heterocycles. The zero-order valence-electron chi connectivity index (χ0n) is 16.1. The number of hydrogen-bond acceptors (Lipinski definition) is 4. The van der Waals surface area contributed by atoms with E-state index in [0.29, 0.717) is 30.8 Å². The van der Waals surface area contributed by atoms with Gasteiger partial charge in [-0.15, -0.1) is 0 Å². The average molecular weight is 387 g/mol. The molecule has 0 bridgehead atoms. The number of nitrogens with zero attached hydrogens (tertiary/aromatic N) is 2. The van der Waals surface area contributed by atoms with Gasteiger partial charge in [-0.1, -0.05) is 55.5 Å². The Bertz CT molecular complexity index is 1090. The first-order chi connectivity index (χ1) is 14.2. The molecule has 3 aromatic rings. The Morgan fingerprint density at radius 3 is 2.76 bits per heavy atom. The lowest BCUT2D eigenvalue weighted by Crippen LogP contribution is -2.42. The van der Waals surface area contributed by atoms with Crippen molar-refractivity contribution in [1.82, 2.24) is 9.88 Å². The van der Waals surface area contributed by atoms with Gasteiger partial charge < -0.3 is 14.6 Å². The fourth-order valence-electron chi connectivity index (χ4n) is 4.84. The number of nitrogens with one attached hydrogen (secondary N) is 1. The molecule has 2 atom stereocenters. The number of benzene rings is 2. The molecule has 2 aromatic carbocycles. The van der Waals surface area contributed by atoms with Crippen LogP contribution in [0.4, 0.5) is 5.69 Å². The summed E-state index contributed by atoms with van der Waals surface area (Å²) in [5.74, 6) is 0.316. The Labute approximate surface area is 168 Å². The van der Waals surface area contributed by atoms with Crippen molar-refractivity contribution in [2.75, 3.05) is 11.9 Å². The number of aryl methyl sites for hydroxylation is 1. The second-order valence-electron chi connectivity index (χ2n) is 7.51. The first kappa shape index (κ1) is 17.7. The number of carbonyl (C=O) groups excluding carboxylic acids is 2. The van der Waals surface area contributed by atoms with Crippen molar-refractivity contribution in [3.8, 4) is 0 Å². The third-order valence-electron chi connectivity index (χ3n) is 6.13. The monoisotopic (exact) mass is 387 g/mol. The second kappa shape index (κ2) is 6.58. The minimum Gasteiger partial charge on any atom is -0.448 e. The van der Waals surface area contributed by atoms with Crippen LogP contribution in [-0.4, -0.2) is 28.2 Å². The topological polar surface area (TPSA) is 75.4 Å². The van der Waals surface area contributed by atoms with E-state index in [4.69, 9.17) is 4.42 Å². The summed E-state index contributed by atoms with van der Waals surface area (Å²) in [6.07, 6.45) is 2.45. The molecule has 1 aromatic heterocycles. The molecule has 1 fully saturated rings. The van der Waals surface area contributed by atoms with Crippen molar-refractivity contribution < 1.29 is 14.0 Å². The van der Waals surface area contributed by atoms with E-state index in [-0.39, 0.29) is 11.8 Å². The summed E-state index contributed by atoms with van der Waals surface area (Å²) in [6, 6.07) is 17.1. The Morgan fingerprint density at radius 2 is 1.97 bits per heavy atom. The van der Waals surface area contributed by atoms with Crippen molar-refractivity contribution in [2.45, 2.75) is 31.2 Å². The molecule has 6 heteroatoms. The van der Waals surface area contributed by atoms with Crippen LogP contribution in [0.2, 0.25) is 0 Å². The zero-order valence-corrected chi connectivity index (χ0v) is 16.1. The van der Waals surface area contributed by atoms with E-state index in [1.54, 1.807) is 4.90 Å². The Morgan fingerprint density at radius 1 is 1.21 bits per heavy atom. The van der Waals surface area contributed by atoms with Crippen LogP contribution in [0.25, 0.3) is 0 Å². The van der Waals surface area contributed by atoms with Gasteiger partial charge in [-0.05, 0) is 23.6 Å². The van der Waals surface area contributed by atoms with E-state index < -0.39 is 11.5 Å². The Hall–Kier alpha value is -3.41. The van der Waals surface area contributed by atoms with Crippen molar-refractivity contribution in [1.29, 1.82) is 0 Å². The van der Waals surface area contributed by atoms with Gasteiger partial charge in [0.15, 0.2) is 12.1 Å². The van der Waals surface area contributed by atoms with Crippen LogP contribution in [0.5, 0.6) is 0 Å². The van der Waals surface area contributed by atoms with Gasteiger partial charge in [0.2, 0.25) is 5.91 Å². The van der Waals surface area contributed by atoms with Crippen LogP contribution in [0.1, 0.15) is 46.8 Å². The van der Waals surface area contributed by atoms with E-state index >= 15 is 0 Å². The number of anilines is 1. The number of amides is 2. The van der Waals surface area contributed by atoms with Gasteiger partial charge in [0.25, 0.3) is 5.91 Å². The highest BCUT2D eigenvalue weighted by atomic mass is 16.3. The Balaban J connectivity index is 1.67. The molecular weight excluding hydrogens is 366 g/mol. The van der Waals surface area contributed by atoms with Crippen molar-refractivity contribution in [3.63, 3.8) is 0 Å². The summed E-state index contributed by atoms with van der Waals surface area (Å²) >= 11 is 0. The van der Waals surface area contributed by atoms with Crippen molar-refractivity contribution in [2.24, 2.45) is 0 Å². The number of aromatic nitrogens is 1. The van der Waals surface area contributed by atoms with E-state index in [1.807, 2.05) is 61.5 Å². The van der Waals surface area contributed by atoms with Gasteiger partial charge in [-0.2, -0.15) is 0 Å². The van der Waals surface area contributed by atoms with Crippen LogP contribution in [-0.2, 0) is 16.6 Å². The van der Waals surface area contributed by atoms with Gasteiger partial charge in [0.1, 0.15) is 11.2 Å². The predicted octanol–water partition coefficient (Wildman–Crippen LogP) is 3.71. The van der Waals surface area contributed by atoms with Crippen LogP contribution >= 0.6 is 0 Å². The number of hydrogen-bond donors (Lipinski definition) is 1. The van der Waals surface area contributed by atoms with Crippen molar-refractivity contribution in [3.05, 3.63) is 83.6 Å². The molecule has 6 nitrogen and oxygen atoms in total. The highest BCUT2D eigenvalue weighted by Crippen LogP contribution is 2.54. The summed E-state index contributed by atoms with van der Waals surface area (Å²) < 4.78 is 5.39. The standard InChI is InChI=1S/C23H21N3O3/c1-2-18-19(24-14-29-18)21(27)26-13-12-23(20(26)15-8-4-3-5-9-15)16-10-6-7-11-17(16)25-22(23)28/h3-11,14,20H,2,12-13H2,1H3,(H,25,28)/t20-,23+/m0/s1. The maximum atomic E-state index is 13.5. The quantitative estimate of drug-likeness (QED) is 0.743. The number of oxazole rings is 1. The van der Waals surface area contributed by atoms with E-state index in [0.717, 1.165) is 16.8 Å². The Kier molecular flexibility index (Phi) is 4.01. The lowest BCUT2D eigenvalue weighted by Gasteiger charge is -2.34. The number of likely N-dealkylation sites (tertiary alicyclic amines) is 1. The van der Waals surface area contributed by atoms with E-state index in [9.17, 15) is 9.59 Å². The predicted molar refractivity (Wildman–Crippen MR) is 107 cm³/mol. The van der Waals surface area contributed by atoms with Gasteiger partial charge in [-0.3, -0.25) is 9.59 Å². The normalized spacial score (nSPS) is 22.7. The molecule has 146 valence electrons. The molecule has 1 saturated heterocycles. The molecule has 29 heavy (non-hydrogen) atoms. The summed E-state index contributed by atoms with van der Waals surface area (Å²) in [6.45, 7) is 2.40. The fraction of sp³-hybridized carbons (Fsp3) is 0.261. The highest BCUT2D eigenvalue weighted by molar-refractivity contribution is 6.08. The SMILES string of the molecule is CCc1ocnc1C(=O)N1CC[C@]2(C(=O)Nc3ccccc32)[C@@H]1c1ccccc1. The summed E-state index contributed by atoms with van der Waals surface area (Å²) in [5.41, 5.74) is 2.22. The third-order valence-corrected chi connectivity index (χ3v) is 6.13. The summed E-state index contributed by atoms with van der Waals surface area (Å²) in [7, 11) is 0. The van der Waals surface area contributed by atoms with E-state index in [1.165, 1.54) is 6.39 Å². The first-order valence-electron chi connectivity index (χ1n) is 9.86. The molecule has 1 spiro atoms. The average Bonchev–Trinajstić information content (AvgIpc) is 3.46. The fourth-order valence-corrected chi connectivity index (χ4v) is 4.84. The van der Waals surface area contributed by atoms with Gasteiger partial charge >= 0.3 is 0 Å². The molecule has 0 unspecified atom stereocenters. The van der Waals surface area contributed by atoms with E-state index in [2.05, 4.69) is 10.3 Å². The van der Waals surface area contributed by atoms with Gasteiger partial charge in [0.05, 0.1) is 6.04 Å². The van der Waals surface area contributed by atoms with Crippen molar-refractivity contribution >= 4 is 17.5 Å². The third kappa shape index (κ3) is 2.45. The maximum Gasteiger partial charge on any atom is 0.276 e. The maximum absolute atomic E-state index is 13.5. The zero-order chi connectivity index (χ0) is 20.0. The lowest BCUT2D eigenvalue weighted by atomic mass is 9.72. The van der Waals surface area contributed by atoms with Crippen LogP contribution < -0.4 is 5.32 Å². The minimum absolute atomic E-state index is 0.0567. The highest BCUT2D eigenvalue weighted by Gasteiger charge is 2.59. The molecule has 1 N–H and O–H groups in total. The van der Waals surface area contributed by atoms with Gasteiger partial charge in [-0.25, -0.2) is 4.98 Å². The molecule has 2 aliphatic rings. The summed E-state index contributed by atoms with van der Waals surface area (Å²) in [4.78, 5) is 32.8. The number of carbonyl (C=O) groups is 2. The van der Waals surface area contributed by atoms with Crippen LogP contribution in [0, 0.1) is 0 Å². The lowest BCUT2D eigenvalue weighted by molar-refractivity contribution is -0.121. The van der Waals surface area contributed by atoms with Gasteiger partial charge in [0, 0.05) is 18.7 Å². The summed E-state index contributed by atoms with van der Waals surface area (Å²) in [5, 5.41) is 3.04. The minimum atomic E-state index is -0.816. The first-order valence-corrected chi connectivity index (χ1v) is 9.86. The molecule has 2 amide bonds. The largest absolute Gasteiger partial charge is 0.448 e. The smallest absolute Gasteiger partial charge is 0.276 e. The van der Waals surface area contributed by atoms with Crippen LogP contribution in [0.15, 0.2) is 65.4 Å². The number of rotatable bonds is 3. The molecular formula is C23H21N3O3. The molecule has 0 saturated carbocycles. The molecule has 5 rings (SSSR count). The van der Waals surface area contributed by atoms with Crippen LogP contribution in [0.3, 0.4) is 0 Å². The molecule has 0 aliphatic carbocycles. The second-order valence-corrected chi connectivity index (χ2v) is 7.51. The molecule has 0 radical (unpaired) electrons. The number of fused-ring (bicyclic) bond motifs is 2.